The fourth-order valence-electron chi connectivity index (χ4n) is 7.28. The van der Waals surface area contributed by atoms with Crippen molar-refractivity contribution in [3.05, 3.63) is 0 Å². The van der Waals surface area contributed by atoms with E-state index in [-0.39, 0.29) is 18.9 Å². The van der Waals surface area contributed by atoms with Crippen LogP contribution >= 0.6 is 0 Å². The van der Waals surface area contributed by atoms with Crippen LogP contribution in [0.5, 0.6) is 0 Å². The summed E-state index contributed by atoms with van der Waals surface area (Å²) in [5, 5.41) is 37.0. The van der Waals surface area contributed by atoms with E-state index in [0.29, 0.717) is 19.1 Å². The molecule has 0 aliphatic carbocycles. The summed E-state index contributed by atoms with van der Waals surface area (Å²) in [7, 11) is 0. The highest BCUT2D eigenvalue weighted by Crippen LogP contribution is 2.24. The highest BCUT2D eigenvalue weighted by Gasteiger charge is 2.46. The van der Waals surface area contributed by atoms with E-state index in [2.05, 4.69) is 17.6 Å². The third-order valence-corrected chi connectivity index (χ3v) is 10.8. The van der Waals surface area contributed by atoms with Gasteiger partial charge in [-0.2, -0.15) is 0 Å². The van der Waals surface area contributed by atoms with E-state index in [0.717, 1.165) is 69.6 Å². The topological polar surface area (TPSA) is 193 Å². The van der Waals surface area contributed by atoms with E-state index in [1.807, 2.05) is 0 Å². The number of aliphatic hydroxyl groups is 3. The molecule has 1 rings (SSSR count). The van der Waals surface area contributed by atoms with E-state index in [1.165, 1.54) is 90.4 Å². The summed E-state index contributed by atoms with van der Waals surface area (Å²) >= 11 is 0. The molecule has 1 fully saturated rings. The average molecular weight is 815 g/mol. The maximum Gasteiger partial charge on any atom is 0.306 e. The van der Waals surface area contributed by atoms with Gasteiger partial charge in [0.05, 0.1) is 12.7 Å². The van der Waals surface area contributed by atoms with Crippen LogP contribution in [-0.2, 0) is 33.4 Å². The van der Waals surface area contributed by atoms with Gasteiger partial charge >= 0.3 is 5.97 Å². The molecular formula is C44H83N3O10. The van der Waals surface area contributed by atoms with Crippen molar-refractivity contribution < 1.29 is 50.1 Å². The Labute approximate surface area is 346 Å². The van der Waals surface area contributed by atoms with E-state index in [1.54, 1.807) is 13.8 Å². The number of amides is 2. The van der Waals surface area contributed by atoms with Gasteiger partial charge in [0.15, 0.2) is 6.29 Å². The Kier molecular flexibility index (Phi) is 31.0. The monoisotopic (exact) mass is 815 g/mol. The molecule has 0 radical (unpaired) electrons. The molecule has 0 aromatic carbocycles. The van der Waals surface area contributed by atoms with Crippen molar-refractivity contribution in [1.29, 1.82) is 0 Å². The smallest absolute Gasteiger partial charge is 0.306 e. The highest BCUT2D eigenvalue weighted by molar-refractivity contribution is 5.75. The van der Waals surface area contributed by atoms with Crippen LogP contribution in [0.15, 0.2) is 0 Å². The first kappa shape index (κ1) is 51.0. The van der Waals surface area contributed by atoms with Gasteiger partial charge < -0.3 is 50.3 Å². The highest BCUT2D eigenvalue weighted by atomic mass is 16.6. The number of aldehydes is 1. The minimum atomic E-state index is -1.55. The molecule has 2 amide bonds. The van der Waals surface area contributed by atoms with Crippen molar-refractivity contribution in [2.45, 2.75) is 237 Å². The number of unbranched alkanes of at least 4 members (excludes halogenated alkanes) is 21. The zero-order valence-electron chi connectivity index (χ0n) is 37.1. The third-order valence-electron chi connectivity index (χ3n) is 10.8. The predicted molar refractivity (Wildman–Crippen MR) is 223 cm³/mol. The number of aliphatic hydroxyl groups excluding tert-OH is 3. The largest absolute Gasteiger partial charge is 0.461 e. The van der Waals surface area contributed by atoms with Crippen LogP contribution in [0.25, 0.3) is 0 Å². The molecule has 0 saturated carbocycles. The van der Waals surface area contributed by atoms with Crippen molar-refractivity contribution in [2.24, 2.45) is 0 Å². The molecule has 13 heteroatoms. The molecule has 0 aromatic rings. The normalized spacial score (nSPS) is 21.4. The lowest BCUT2D eigenvalue weighted by atomic mass is 9.96. The van der Waals surface area contributed by atoms with Crippen LogP contribution in [-0.4, -0.2) is 108 Å². The van der Waals surface area contributed by atoms with Gasteiger partial charge in [-0.25, -0.2) is 0 Å². The maximum absolute atomic E-state index is 12.5. The summed E-state index contributed by atoms with van der Waals surface area (Å²) < 4.78 is 25.0. The fraction of sp³-hybridized carbons (Fsp3) is 0.909. The molecule has 1 unspecified atom stereocenters. The second-order valence-electron chi connectivity index (χ2n) is 16.2. The number of carbonyl (C=O) groups excluding carboxylic acids is 4. The molecule has 6 N–H and O–H groups in total. The Morgan fingerprint density at radius 1 is 0.772 bits per heavy atom. The second kappa shape index (κ2) is 34.7. The molecule has 8 atom stereocenters. The molecule has 334 valence electrons. The van der Waals surface area contributed by atoms with Gasteiger partial charge in [-0.1, -0.05) is 135 Å². The summed E-state index contributed by atoms with van der Waals surface area (Å²) in [6.45, 7) is 6.66. The molecular weight excluding hydrogens is 730 g/mol. The van der Waals surface area contributed by atoms with Crippen LogP contribution in [0.4, 0.5) is 0 Å². The lowest BCUT2D eigenvalue weighted by Crippen LogP contribution is -2.65. The molecule has 1 heterocycles. The zero-order valence-corrected chi connectivity index (χ0v) is 36.1. The van der Waals surface area contributed by atoms with Crippen molar-refractivity contribution in [3.8, 4) is 0 Å². The number of carbonyl (C=O) groups is 4. The van der Waals surface area contributed by atoms with Gasteiger partial charge in [0.2, 0.25) is 11.8 Å². The van der Waals surface area contributed by atoms with E-state index in [9.17, 15) is 34.5 Å². The second-order valence-corrected chi connectivity index (χ2v) is 16.2. The van der Waals surface area contributed by atoms with E-state index >= 15 is 0 Å². The van der Waals surface area contributed by atoms with Gasteiger partial charge in [-0.3, -0.25) is 14.4 Å². The van der Waals surface area contributed by atoms with Crippen LogP contribution in [0.3, 0.4) is 0 Å². The van der Waals surface area contributed by atoms with Crippen LogP contribution in [0, 0.1) is 0 Å². The summed E-state index contributed by atoms with van der Waals surface area (Å²) in [4.78, 5) is 48.3. The summed E-state index contributed by atoms with van der Waals surface area (Å²) in [6, 6.07) is -2.22. The number of hydrogen-bond donors (Lipinski definition) is 6. The van der Waals surface area contributed by atoms with Gasteiger partial charge in [-0.15, -0.1) is 0 Å². The first-order valence-corrected chi connectivity index (χ1v) is 22.7. The Bertz CT molecular complexity index is 1070. The average Bonchev–Trinajstić information content (AvgIpc) is 3.18. The van der Waals surface area contributed by atoms with Gasteiger partial charge in [-0.05, 0) is 33.1 Å². The standard InChI is InChI=1S/C44H83N3O10/c1-5-6-7-8-9-10-11-12-13-14-15-16-19-22-25-28-39(51)45-30-27-24-21-18-17-20-23-26-29-40(52)56-35(3)37(32-48)46-31-34(2)55-43-41(47-36(4)50)44(54)57-38(33-49)42(43)53/h32,34-35,37-38,41-44,46,49,53-54H,5-31,33H2,1-4H3,(H,45,51)(H,47,50)/t34?,35-,37-,38-,41-,42-,43-,44+/m1/s1/i/hD. The van der Waals surface area contributed by atoms with Crippen LogP contribution in [0.1, 0.15) is 188 Å². The molecule has 0 bridgehead atoms. The van der Waals surface area contributed by atoms with E-state index in [4.69, 9.17) is 15.6 Å². The Morgan fingerprint density at radius 3 is 1.75 bits per heavy atom. The molecule has 0 aromatic heterocycles. The van der Waals surface area contributed by atoms with Crippen molar-refractivity contribution >= 4 is 24.1 Å². The molecule has 57 heavy (non-hydrogen) atoms. The molecule has 1 saturated heterocycles. The molecule has 13 nitrogen and oxygen atoms in total. The number of hydrogen-bond acceptors (Lipinski definition) is 11. The molecule has 1 aliphatic rings. The maximum atomic E-state index is 12.5. The SMILES string of the molecule is [2H]N(CC(C)O[C@H]1[C@H](O)[C@@H](CO)O[C@H](O)[C@@H]1NC(C)=O)[C@H](C=O)[C@@H](C)OC(=O)CCCCCCCCCCNC(=O)CCCCCCCCCCCCCCCCC. The van der Waals surface area contributed by atoms with Gasteiger partial charge in [0, 0.05) is 32.9 Å². The minimum Gasteiger partial charge on any atom is -0.461 e. The summed E-state index contributed by atoms with van der Waals surface area (Å²) in [6.07, 6.45) is 22.2. The number of esters is 1. The van der Waals surface area contributed by atoms with Gasteiger partial charge in [0.25, 0.3) is 0 Å². The summed E-state index contributed by atoms with van der Waals surface area (Å²) in [5.41, 5.74) is 0. The Morgan fingerprint density at radius 2 is 1.26 bits per heavy atom. The number of nitrogens with one attached hydrogen (secondary N) is 3. The van der Waals surface area contributed by atoms with Crippen molar-refractivity contribution in [1.82, 2.24) is 15.9 Å². The van der Waals surface area contributed by atoms with Gasteiger partial charge in [0.1, 0.15) is 44.2 Å². The lowest BCUT2D eigenvalue weighted by molar-refractivity contribution is -0.267. The minimum absolute atomic E-state index is 0.129. The number of rotatable bonds is 37. The third kappa shape index (κ3) is 26.5. The fourth-order valence-corrected chi connectivity index (χ4v) is 7.28. The predicted octanol–water partition coefficient (Wildman–Crippen LogP) is 6.31. The first-order chi connectivity index (χ1) is 27.9. The van der Waals surface area contributed by atoms with Crippen LogP contribution < -0.4 is 15.9 Å². The van der Waals surface area contributed by atoms with Crippen molar-refractivity contribution in [3.63, 3.8) is 0 Å². The Balaban J connectivity index is 2.08. The van der Waals surface area contributed by atoms with Crippen molar-refractivity contribution in [2.75, 3.05) is 19.7 Å². The number of ether oxygens (including phenoxy) is 3. The van der Waals surface area contributed by atoms with Crippen LogP contribution in [0.2, 0.25) is 1.41 Å². The zero-order chi connectivity index (χ0) is 43.0. The molecule has 1 aliphatic heterocycles. The summed E-state index contributed by atoms with van der Waals surface area (Å²) in [5.74, 6) is -0.759. The van der Waals surface area contributed by atoms with E-state index < -0.39 is 67.4 Å². The lowest BCUT2D eigenvalue weighted by Gasteiger charge is -2.43. The first-order valence-electron chi connectivity index (χ1n) is 23.1. The quantitative estimate of drug-likeness (QED) is 0.0234. The molecule has 0 spiro atoms. The Hall–Kier alpha value is -2.16.